The molecule has 1 heterocycles. The Bertz CT molecular complexity index is 420. The first-order valence-electron chi connectivity index (χ1n) is 6.58. The van der Waals surface area contributed by atoms with Crippen molar-refractivity contribution in [3.8, 4) is 5.75 Å². The number of ether oxygens (including phenoxy) is 1. The van der Waals surface area contributed by atoms with Gasteiger partial charge in [0.1, 0.15) is 16.9 Å². The van der Waals surface area contributed by atoms with E-state index in [2.05, 4.69) is 23.8 Å². The summed E-state index contributed by atoms with van der Waals surface area (Å²) in [6.07, 6.45) is 0.0966. The second-order valence-corrected chi connectivity index (χ2v) is 5.87. The molecule has 1 atom stereocenters. The first kappa shape index (κ1) is 14.9. The lowest BCUT2D eigenvalue weighted by molar-refractivity contribution is 0.101. The normalized spacial score (nSPS) is 19.4. The molecular weight excluding hydrogens is 283 g/mol. The summed E-state index contributed by atoms with van der Waals surface area (Å²) in [5, 5.41) is 1.03. The summed E-state index contributed by atoms with van der Waals surface area (Å²) in [5.41, 5.74) is 0. The molecule has 1 fully saturated rings. The molecule has 1 aliphatic heterocycles. The number of piperazine rings is 1. The van der Waals surface area contributed by atoms with Crippen LogP contribution in [-0.4, -0.2) is 55.7 Å². The number of halogens is 2. The minimum absolute atomic E-state index is 0.0966. The van der Waals surface area contributed by atoms with Crippen molar-refractivity contribution in [3.05, 3.63) is 28.2 Å². The molecule has 1 saturated heterocycles. The molecule has 0 saturated carbocycles. The summed E-state index contributed by atoms with van der Waals surface area (Å²) < 4.78 is 5.88. The van der Waals surface area contributed by atoms with Gasteiger partial charge in [0.25, 0.3) is 0 Å². The first-order chi connectivity index (χ1) is 9.06. The summed E-state index contributed by atoms with van der Waals surface area (Å²) >= 11 is 12.1. The van der Waals surface area contributed by atoms with Crippen LogP contribution in [0.2, 0.25) is 10.0 Å². The van der Waals surface area contributed by atoms with E-state index in [1.165, 1.54) is 0 Å². The maximum atomic E-state index is 6.12. The standard InChI is InChI=1S/C14H20Cl2N2O/c1-11(10-18-8-6-17(2)7-9-18)19-13-5-3-4-12(15)14(13)16/h3-5,11H,6-10H2,1-2H3. The maximum absolute atomic E-state index is 6.12. The van der Waals surface area contributed by atoms with Crippen molar-refractivity contribution >= 4 is 23.2 Å². The van der Waals surface area contributed by atoms with Crippen molar-refractivity contribution in [2.24, 2.45) is 0 Å². The second kappa shape index (κ2) is 6.80. The summed E-state index contributed by atoms with van der Waals surface area (Å²) in [7, 11) is 2.16. The summed E-state index contributed by atoms with van der Waals surface area (Å²) in [5.74, 6) is 0.663. The molecule has 1 unspecified atom stereocenters. The third-order valence-electron chi connectivity index (χ3n) is 3.36. The van der Waals surface area contributed by atoms with E-state index in [1.807, 2.05) is 12.1 Å². The van der Waals surface area contributed by atoms with Crippen LogP contribution in [0.3, 0.4) is 0 Å². The molecule has 0 spiro atoms. The van der Waals surface area contributed by atoms with Crippen molar-refractivity contribution < 1.29 is 4.74 Å². The molecule has 0 amide bonds. The number of nitrogens with zero attached hydrogens (tertiary/aromatic N) is 2. The van der Waals surface area contributed by atoms with E-state index in [-0.39, 0.29) is 6.10 Å². The van der Waals surface area contributed by atoms with Crippen molar-refractivity contribution in [2.45, 2.75) is 13.0 Å². The minimum Gasteiger partial charge on any atom is -0.488 e. The Kier molecular flexibility index (Phi) is 5.34. The van der Waals surface area contributed by atoms with E-state index in [0.29, 0.717) is 15.8 Å². The summed E-state index contributed by atoms with van der Waals surface area (Å²) in [4.78, 5) is 4.76. The van der Waals surface area contributed by atoms with E-state index in [0.717, 1.165) is 32.7 Å². The highest BCUT2D eigenvalue weighted by Gasteiger charge is 2.17. The summed E-state index contributed by atoms with van der Waals surface area (Å²) in [6, 6.07) is 5.47. The molecule has 0 aromatic heterocycles. The fourth-order valence-electron chi connectivity index (χ4n) is 2.22. The van der Waals surface area contributed by atoms with E-state index in [9.17, 15) is 0 Å². The molecule has 5 heteroatoms. The van der Waals surface area contributed by atoms with Crippen LogP contribution < -0.4 is 4.74 Å². The molecule has 0 aliphatic carbocycles. The van der Waals surface area contributed by atoms with Crippen molar-refractivity contribution in [3.63, 3.8) is 0 Å². The zero-order chi connectivity index (χ0) is 13.8. The highest BCUT2D eigenvalue weighted by molar-refractivity contribution is 6.42. The molecule has 0 bridgehead atoms. The average Bonchev–Trinajstić information content (AvgIpc) is 2.38. The number of benzene rings is 1. The van der Waals surface area contributed by atoms with Crippen LogP contribution in [0.15, 0.2) is 18.2 Å². The smallest absolute Gasteiger partial charge is 0.139 e. The molecule has 1 aromatic rings. The molecule has 0 radical (unpaired) electrons. The lowest BCUT2D eigenvalue weighted by Crippen LogP contribution is -2.47. The van der Waals surface area contributed by atoms with Crippen LogP contribution in [-0.2, 0) is 0 Å². The van der Waals surface area contributed by atoms with Crippen LogP contribution >= 0.6 is 23.2 Å². The predicted molar refractivity (Wildman–Crippen MR) is 80.5 cm³/mol. The SMILES string of the molecule is CC(CN1CCN(C)CC1)Oc1cccc(Cl)c1Cl. The van der Waals surface area contributed by atoms with E-state index in [1.54, 1.807) is 6.07 Å². The van der Waals surface area contributed by atoms with Gasteiger partial charge in [-0.2, -0.15) is 0 Å². The number of hydrogen-bond acceptors (Lipinski definition) is 3. The zero-order valence-corrected chi connectivity index (χ0v) is 12.9. The highest BCUT2D eigenvalue weighted by atomic mass is 35.5. The predicted octanol–water partition coefficient (Wildman–Crippen LogP) is 3.01. The van der Waals surface area contributed by atoms with Gasteiger partial charge in [-0.1, -0.05) is 29.3 Å². The average molecular weight is 303 g/mol. The Morgan fingerprint density at radius 2 is 1.89 bits per heavy atom. The minimum atomic E-state index is 0.0966. The van der Waals surface area contributed by atoms with Gasteiger partial charge in [0.05, 0.1) is 5.02 Å². The van der Waals surface area contributed by atoms with E-state index < -0.39 is 0 Å². The lowest BCUT2D eigenvalue weighted by atomic mass is 10.3. The fraction of sp³-hybridized carbons (Fsp3) is 0.571. The monoisotopic (exact) mass is 302 g/mol. The maximum Gasteiger partial charge on any atom is 0.139 e. The van der Waals surface area contributed by atoms with Gasteiger partial charge in [-0.05, 0) is 26.1 Å². The fourth-order valence-corrected chi connectivity index (χ4v) is 2.56. The number of likely N-dealkylation sites (N-methyl/N-ethyl adjacent to an activating group) is 1. The second-order valence-electron chi connectivity index (χ2n) is 5.08. The van der Waals surface area contributed by atoms with Crippen molar-refractivity contribution in [1.82, 2.24) is 9.80 Å². The quantitative estimate of drug-likeness (QED) is 0.850. The van der Waals surface area contributed by atoms with Gasteiger partial charge in [-0.15, -0.1) is 0 Å². The third-order valence-corrected chi connectivity index (χ3v) is 4.16. The molecule has 2 rings (SSSR count). The Morgan fingerprint density at radius 3 is 2.58 bits per heavy atom. The Labute approximate surface area is 125 Å². The first-order valence-corrected chi connectivity index (χ1v) is 7.33. The van der Waals surface area contributed by atoms with Gasteiger partial charge in [-0.25, -0.2) is 0 Å². The van der Waals surface area contributed by atoms with Gasteiger partial charge in [-0.3, -0.25) is 4.90 Å². The van der Waals surface area contributed by atoms with Gasteiger partial charge >= 0.3 is 0 Å². The topological polar surface area (TPSA) is 15.7 Å². The van der Waals surface area contributed by atoms with Crippen LogP contribution in [0.1, 0.15) is 6.92 Å². The van der Waals surface area contributed by atoms with Crippen molar-refractivity contribution in [2.75, 3.05) is 39.8 Å². The molecule has 3 nitrogen and oxygen atoms in total. The van der Waals surface area contributed by atoms with Gasteiger partial charge in [0, 0.05) is 32.7 Å². The number of rotatable bonds is 4. The van der Waals surface area contributed by atoms with Crippen LogP contribution in [0, 0.1) is 0 Å². The van der Waals surface area contributed by atoms with Gasteiger partial charge in [0.15, 0.2) is 0 Å². The molecule has 0 N–H and O–H groups in total. The molecule has 106 valence electrons. The van der Waals surface area contributed by atoms with Crippen LogP contribution in [0.5, 0.6) is 5.75 Å². The zero-order valence-electron chi connectivity index (χ0n) is 11.4. The van der Waals surface area contributed by atoms with Gasteiger partial charge in [0.2, 0.25) is 0 Å². The largest absolute Gasteiger partial charge is 0.488 e. The highest BCUT2D eigenvalue weighted by Crippen LogP contribution is 2.32. The van der Waals surface area contributed by atoms with Crippen LogP contribution in [0.4, 0.5) is 0 Å². The Morgan fingerprint density at radius 1 is 1.21 bits per heavy atom. The third kappa shape index (κ3) is 4.25. The van der Waals surface area contributed by atoms with E-state index in [4.69, 9.17) is 27.9 Å². The van der Waals surface area contributed by atoms with Crippen molar-refractivity contribution in [1.29, 1.82) is 0 Å². The number of hydrogen-bond donors (Lipinski definition) is 0. The van der Waals surface area contributed by atoms with Gasteiger partial charge < -0.3 is 9.64 Å². The van der Waals surface area contributed by atoms with E-state index >= 15 is 0 Å². The Balaban J connectivity index is 1.87. The Hall–Kier alpha value is -0.480. The molecule has 1 aromatic carbocycles. The summed E-state index contributed by atoms with van der Waals surface area (Å²) in [6.45, 7) is 7.39. The lowest BCUT2D eigenvalue weighted by Gasteiger charge is -2.33. The molecule has 1 aliphatic rings. The van der Waals surface area contributed by atoms with Crippen LogP contribution in [0.25, 0.3) is 0 Å². The molecular formula is C14H20Cl2N2O. The molecule has 19 heavy (non-hydrogen) atoms.